The first-order valence-electron chi connectivity index (χ1n) is 9.17. The molecule has 0 saturated carbocycles. The first kappa shape index (κ1) is 22.3. The van der Waals surface area contributed by atoms with Gasteiger partial charge in [-0.15, -0.1) is 0 Å². The summed E-state index contributed by atoms with van der Waals surface area (Å²) in [5.41, 5.74) is 1.93. The molecule has 0 aliphatic rings. The molecule has 0 spiro atoms. The summed E-state index contributed by atoms with van der Waals surface area (Å²) in [5.74, 6) is -1.06. The smallest absolute Gasteiger partial charge is 0.328 e. The van der Waals surface area contributed by atoms with Crippen molar-refractivity contribution in [2.24, 2.45) is 0 Å². The Labute approximate surface area is 170 Å². The first-order chi connectivity index (χ1) is 14.0. The lowest BCUT2D eigenvalue weighted by molar-refractivity contribution is -0.145. The van der Waals surface area contributed by atoms with Crippen LogP contribution >= 0.6 is 0 Å². The molecular formula is C22H25NO6. The van der Waals surface area contributed by atoms with Crippen molar-refractivity contribution in [1.29, 1.82) is 0 Å². The van der Waals surface area contributed by atoms with Crippen LogP contribution in [0.15, 0.2) is 54.6 Å². The number of rotatable bonds is 11. The highest BCUT2D eigenvalue weighted by Gasteiger charge is 2.22. The zero-order valence-corrected chi connectivity index (χ0v) is 16.6. The van der Waals surface area contributed by atoms with Crippen LogP contribution in [0.5, 0.6) is 0 Å². The molecule has 0 aliphatic heterocycles. The van der Waals surface area contributed by atoms with E-state index in [0.717, 1.165) is 5.56 Å². The highest BCUT2D eigenvalue weighted by molar-refractivity contribution is 6.08. The summed E-state index contributed by atoms with van der Waals surface area (Å²) in [6.45, 7) is 0.479. The van der Waals surface area contributed by atoms with Gasteiger partial charge in [-0.1, -0.05) is 54.6 Å². The predicted octanol–water partition coefficient (Wildman–Crippen LogP) is 1.78. The van der Waals surface area contributed by atoms with Crippen LogP contribution in [-0.4, -0.2) is 57.7 Å². The molecule has 154 valence electrons. The summed E-state index contributed by atoms with van der Waals surface area (Å²) in [7, 11) is 2.80. The van der Waals surface area contributed by atoms with E-state index in [2.05, 4.69) is 5.32 Å². The minimum Gasteiger partial charge on any atom is -0.467 e. The fourth-order valence-electron chi connectivity index (χ4n) is 2.66. The van der Waals surface area contributed by atoms with Gasteiger partial charge in [0.25, 0.3) is 0 Å². The van der Waals surface area contributed by atoms with Crippen LogP contribution < -0.4 is 5.32 Å². The third-order valence-electron chi connectivity index (χ3n) is 4.18. The number of esters is 1. The van der Waals surface area contributed by atoms with Gasteiger partial charge in [0, 0.05) is 24.7 Å². The zero-order chi connectivity index (χ0) is 21.1. The highest BCUT2D eigenvalue weighted by atomic mass is 16.5. The highest BCUT2D eigenvalue weighted by Crippen LogP contribution is 2.12. The Hall–Kier alpha value is -3.03. The minimum absolute atomic E-state index is 0.0804. The molecule has 2 aromatic rings. The summed E-state index contributed by atoms with van der Waals surface area (Å²) >= 11 is 0. The number of carbonyl (C=O) groups is 3. The molecule has 29 heavy (non-hydrogen) atoms. The van der Waals surface area contributed by atoms with Gasteiger partial charge in [-0.3, -0.25) is 9.59 Å². The second-order valence-corrected chi connectivity index (χ2v) is 6.28. The van der Waals surface area contributed by atoms with E-state index in [1.807, 2.05) is 18.2 Å². The molecule has 0 radical (unpaired) electrons. The molecule has 2 rings (SSSR count). The Morgan fingerprint density at radius 3 is 2.17 bits per heavy atom. The van der Waals surface area contributed by atoms with Crippen molar-refractivity contribution in [3.05, 3.63) is 71.3 Å². The second kappa shape index (κ2) is 11.7. The van der Waals surface area contributed by atoms with Crippen LogP contribution in [0.3, 0.4) is 0 Å². The van der Waals surface area contributed by atoms with Gasteiger partial charge in [0.05, 0.1) is 20.3 Å². The van der Waals surface area contributed by atoms with Crippen LogP contribution in [0.2, 0.25) is 0 Å². The molecule has 0 saturated heterocycles. The van der Waals surface area contributed by atoms with Crippen LogP contribution in [0.4, 0.5) is 0 Å². The largest absolute Gasteiger partial charge is 0.467 e. The van der Waals surface area contributed by atoms with Crippen LogP contribution in [0, 0.1) is 0 Å². The number of hydrogen-bond donors (Lipinski definition) is 1. The number of ether oxygens (including phenoxy) is 3. The van der Waals surface area contributed by atoms with Gasteiger partial charge >= 0.3 is 5.97 Å². The average Bonchev–Trinajstić information content (AvgIpc) is 2.76. The molecule has 0 aromatic heterocycles. The third-order valence-corrected chi connectivity index (χ3v) is 4.18. The van der Waals surface area contributed by atoms with Crippen molar-refractivity contribution in [3.8, 4) is 0 Å². The van der Waals surface area contributed by atoms with E-state index in [1.165, 1.54) is 14.2 Å². The molecule has 0 unspecified atom stereocenters. The van der Waals surface area contributed by atoms with E-state index in [0.29, 0.717) is 17.7 Å². The SMILES string of the molecule is COCCOCC(=O)N[C@H](Cc1ccc(C(=O)c2ccccc2)cc1)C(=O)OC. The van der Waals surface area contributed by atoms with Crippen molar-refractivity contribution < 1.29 is 28.6 Å². The molecule has 7 heteroatoms. The van der Waals surface area contributed by atoms with Crippen molar-refractivity contribution >= 4 is 17.7 Å². The van der Waals surface area contributed by atoms with Gasteiger partial charge in [-0.25, -0.2) is 4.79 Å². The van der Waals surface area contributed by atoms with Crippen LogP contribution in [0.25, 0.3) is 0 Å². The summed E-state index contributed by atoms with van der Waals surface area (Å²) in [6.07, 6.45) is 0.232. The normalized spacial score (nSPS) is 11.5. The monoisotopic (exact) mass is 399 g/mol. The van der Waals surface area contributed by atoms with Crippen LogP contribution in [-0.2, 0) is 30.2 Å². The molecule has 1 N–H and O–H groups in total. The van der Waals surface area contributed by atoms with Crippen molar-refractivity contribution in [2.75, 3.05) is 34.0 Å². The standard InChI is InChI=1S/C22H25NO6/c1-27-12-13-29-15-20(24)23-19(22(26)28-2)14-16-8-10-18(11-9-16)21(25)17-6-4-3-5-7-17/h3-11,19H,12-15H2,1-2H3,(H,23,24)/t19-/m1/s1. The average molecular weight is 399 g/mol. The van der Waals surface area contributed by atoms with Crippen molar-refractivity contribution in [2.45, 2.75) is 12.5 Å². The van der Waals surface area contributed by atoms with E-state index < -0.39 is 17.9 Å². The quantitative estimate of drug-likeness (QED) is 0.352. The fourth-order valence-corrected chi connectivity index (χ4v) is 2.66. The van der Waals surface area contributed by atoms with Crippen molar-refractivity contribution in [1.82, 2.24) is 5.32 Å². The lowest BCUT2D eigenvalue weighted by Crippen LogP contribution is -2.44. The Bertz CT molecular complexity index is 804. The number of benzene rings is 2. The van der Waals surface area contributed by atoms with E-state index >= 15 is 0 Å². The Morgan fingerprint density at radius 1 is 0.897 bits per heavy atom. The van der Waals surface area contributed by atoms with Crippen LogP contribution in [0.1, 0.15) is 21.5 Å². The van der Waals surface area contributed by atoms with Gasteiger partial charge in [0.1, 0.15) is 12.6 Å². The number of amides is 1. The molecule has 1 amide bonds. The summed E-state index contributed by atoms with van der Waals surface area (Å²) < 4.78 is 14.8. The Morgan fingerprint density at radius 2 is 1.55 bits per heavy atom. The van der Waals surface area contributed by atoms with Gasteiger partial charge in [0.15, 0.2) is 5.78 Å². The molecule has 0 heterocycles. The second-order valence-electron chi connectivity index (χ2n) is 6.28. The van der Waals surface area contributed by atoms with E-state index in [-0.39, 0.29) is 25.4 Å². The van der Waals surface area contributed by atoms with E-state index in [4.69, 9.17) is 14.2 Å². The number of carbonyl (C=O) groups excluding carboxylic acids is 3. The number of ketones is 1. The predicted molar refractivity (Wildman–Crippen MR) is 107 cm³/mol. The maximum atomic E-state index is 12.5. The lowest BCUT2D eigenvalue weighted by atomic mass is 9.99. The Balaban J connectivity index is 1.99. The molecule has 0 fully saturated rings. The van der Waals surface area contributed by atoms with Gasteiger partial charge < -0.3 is 19.5 Å². The minimum atomic E-state index is -0.853. The lowest BCUT2D eigenvalue weighted by Gasteiger charge is -2.17. The topological polar surface area (TPSA) is 90.9 Å². The maximum absolute atomic E-state index is 12.5. The molecule has 0 bridgehead atoms. The van der Waals surface area contributed by atoms with Gasteiger partial charge in [-0.05, 0) is 5.56 Å². The summed E-state index contributed by atoms with van der Waals surface area (Å²) in [6, 6.07) is 15.1. The number of methoxy groups -OCH3 is 2. The van der Waals surface area contributed by atoms with E-state index in [9.17, 15) is 14.4 Å². The number of hydrogen-bond acceptors (Lipinski definition) is 6. The summed E-state index contributed by atoms with van der Waals surface area (Å²) in [4.78, 5) is 36.5. The zero-order valence-electron chi connectivity index (χ0n) is 16.6. The van der Waals surface area contributed by atoms with E-state index in [1.54, 1.807) is 36.4 Å². The molecule has 7 nitrogen and oxygen atoms in total. The molecular weight excluding hydrogens is 374 g/mol. The van der Waals surface area contributed by atoms with Gasteiger partial charge in [-0.2, -0.15) is 0 Å². The first-order valence-corrected chi connectivity index (χ1v) is 9.17. The fraction of sp³-hybridized carbons (Fsp3) is 0.318. The maximum Gasteiger partial charge on any atom is 0.328 e. The Kier molecular flexibility index (Phi) is 9.01. The molecule has 1 atom stereocenters. The van der Waals surface area contributed by atoms with Crippen molar-refractivity contribution in [3.63, 3.8) is 0 Å². The third kappa shape index (κ3) is 7.14. The summed E-state index contributed by atoms with van der Waals surface area (Å²) in [5, 5.41) is 2.61. The molecule has 0 aliphatic carbocycles. The number of nitrogens with one attached hydrogen (secondary N) is 1. The molecule has 2 aromatic carbocycles. The van der Waals surface area contributed by atoms with Gasteiger partial charge in [0.2, 0.25) is 5.91 Å².